The summed E-state index contributed by atoms with van der Waals surface area (Å²) in [5, 5.41) is 0.789. The number of ketones is 1. The number of carbonyl (C=O) groups excluding carboxylic acids is 1. The summed E-state index contributed by atoms with van der Waals surface area (Å²) in [5.41, 5.74) is -0.136. The number of pyridine rings is 2. The Labute approximate surface area is 185 Å². The number of nitrogens with one attached hydrogen (secondary N) is 1. The maximum atomic E-state index is 13.0. The Balaban J connectivity index is 1.93. The molecule has 2 aromatic carbocycles. The molecule has 4 aromatic rings. The van der Waals surface area contributed by atoms with Crippen molar-refractivity contribution < 1.29 is 18.0 Å². The van der Waals surface area contributed by atoms with Gasteiger partial charge in [0, 0.05) is 33.9 Å². The lowest BCUT2D eigenvalue weighted by Gasteiger charge is -2.13. The Morgan fingerprint density at radius 3 is 2.47 bits per heavy atom. The van der Waals surface area contributed by atoms with E-state index in [1.54, 1.807) is 42.7 Å². The van der Waals surface area contributed by atoms with Crippen LogP contribution in [0.25, 0.3) is 28.1 Å². The van der Waals surface area contributed by atoms with Crippen LogP contribution in [0.4, 0.5) is 13.2 Å². The van der Waals surface area contributed by atoms with Crippen molar-refractivity contribution in [1.29, 1.82) is 0 Å². The Morgan fingerprint density at radius 2 is 1.81 bits per heavy atom. The molecule has 0 spiro atoms. The molecule has 160 valence electrons. The molecule has 8 heteroatoms. The number of allylic oxidation sites excluding steroid dienone is 1. The van der Waals surface area contributed by atoms with Gasteiger partial charge in [-0.05, 0) is 59.7 Å². The predicted octanol–water partition coefficient (Wildman–Crippen LogP) is 6.16. The molecule has 0 aliphatic heterocycles. The van der Waals surface area contributed by atoms with Crippen molar-refractivity contribution >= 4 is 34.4 Å². The quantitative estimate of drug-likeness (QED) is 0.297. The summed E-state index contributed by atoms with van der Waals surface area (Å²) < 4.78 is 39.1. The summed E-state index contributed by atoms with van der Waals surface area (Å²) in [6.07, 6.45) is 1.35. The number of aromatic nitrogens is 2. The third-order valence-electron chi connectivity index (χ3n) is 4.84. The SMILES string of the molecule is O=C(/C=C/c1cccnc1)c1c(-c2ccc(C(F)(F)F)cc2)c2cc(Cl)ccc2[nH]c1=O. The minimum atomic E-state index is -4.51. The molecule has 0 saturated heterocycles. The third kappa shape index (κ3) is 4.33. The van der Waals surface area contributed by atoms with Crippen LogP contribution in [0.5, 0.6) is 0 Å². The molecular weight excluding hydrogens is 441 g/mol. The number of hydrogen-bond donors (Lipinski definition) is 1. The highest BCUT2D eigenvalue weighted by atomic mass is 35.5. The van der Waals surface area contributed by atoms with E-state index >= 15 is 0 Å². The van der Waals surface area contributed by atoms with Gasteiger partial charge in [-0.25, -0.2) is 0 Å². The molecule has 2 heterocycles. The van der Waals surface area contributed by atoms with Crippen molar-refractivity contribution in [2.45, 2.75) is 6.18 Å². The zero-order chi connectivity index (χ0) is 22.9. The number of H-pyrrole nitrogens is 1. The van der Waals surface area contributed by atoms with Gasteiger partial charge in [0.05, 0.1) is 11.1 Å². The standard InChI is InChI=1S/C24H14ClF3N2O2/c25-17-8-9-19-18(12-17)21(15-4-6-16(7-5-15)24(26,27)28)22(23(32)30-19)20(31)10-3-14-2-1-11-29-13-14/h1-13H,(H,30,32)/b10-3+. The van der Waals surface area contributed by atoms with Crippen LogP contribution in [0.1, 0.15) is 21.5 Å². The second-order valence-corrected chi connectivity index (χ2v) is 7.39. The van der Waals surface area contributed by atoms with Gasteiger partial charge in [-0.1, -0.05) is 29.8 Å². The zero-order valence-corrected chi connectivity index (χ0v) is 17.0. The number of benzene rings is 2. The number of rotatable bonds is 4. The number of carbonyl (C=O) groups is 1. The Hall–Kier alpha value is -3.71. The molecule has 0 bridgehead atoms. The van der Waals surface area contributed by atoms with Crippen LogP contribution < -0.4 is 5.56 Å². The molecule has 0 atom stereocenters. The maximum absolute atomic E-state index is 13.0. The fourth-order valence-electron chi connectivity index (χ4n) is 3.36. The van der Waals surface area contributed by atoms with Crippen LogP contribution >= 0.6 is 11.6 Å². The Morgan fingerprint density at radius 1 is 1.06 bits per heavy atom. The summed E-state index contributed by atoms with van der Waals surface area (Å²) in [4.78, 5) is 32.5. The van der Waals surface area contributed by atoms with Crippen LogP contribution in [-0.2, 0) is 6.18 Å². The first-order chi connectivity index (χ1) is 15.2. The van der Waals surface area contributed by atoms with E-state index in [2.05, 4.69) is 9.97 Å². The molecule has 0 unspecified atom stereocenters. The molecule has 4 nitrogen and oxygen atoms in total. The summed E-state index contributed by atoms with van der Waals surface area (Å²) in [7, 11) is 0. The number of alkyl halides is 3. The molecule has 1 N–H and O–H groups in total. The van der Waals surface area contributed by atoms with Crippen molar-refractivity contribution in [3.63, 3.8) is 0 Å². The van der Waals surface area contributed by atoms with Gasteiger partial charge in [0.1, 0.15) is 0 Å². The average molecular weight is 455 g/mol. The topological polar surface area (TPSA) is 62.8 Å². The molecule has 0 fully saturated rings. The molecule has 0 saturated carbocycles. The number of aromatic amines is 1. The largest absolute Gasteiger partial charge is 0.416 e. The van der Waals surface area contributed by atoms with Crippen molar-refractivity contribution in [2.24, 2.45) is 0 Å². The lowest BCUT2D eigenvalue weighted by Crippen LogP contribution is -2.18. The molecular formula is C24H14ClF3N2O2. The van der Waals surface area contributed by atoms with Crippen molar-refractivity contribution in [3.05, 3.63) is 105 Å². The summed E-state index contributed by atoms with van der Waals surface area (Å²) in [5.74, 6) is -0.605. The van der Waals surface area contributed by atoms with E-state index in [0.29, 0.717) is 21.5 Å². The molecule has 0 amide bonds. The highest BCUT2D eigenvalue weighted by Crippen LogP contribution is 2.35. The van der Waals surface area contributed by atoms with Gasteiger partial charge in [0.2, 0.25) is 0 Å². The van der Waals surface area contributed by atoms with Gasteiger partial charge in [0.15, 0.2) is 5.78 Å². The molecule has 32 heavy (non-hydrogen) atoms. The number of hydrogen-bond acceptors (Lipinski definition) is 3. The second kappa shape index (κ2) is 8.43. The van der Waals surface area contributed by atoms with E-state index < -0.39 is 23.1 Å². The van der Waals surface area contributed by atoms with Crippen molar-refractivity contribution in [1.82, 2.24) is 9.97 Å². The highest BCUT2D eigenvalue weighted by Gasteiger charge is 2.30. The van der Waals surface area contributed by atoms with Gasteiger partial charge >= 0.3 is 6.18 Å². The number of halogens is 4. The van der Waals surface area contributed by atoms with E-state index in [4.69, 9.17) is 11.6 Å². The lowest BCUT2D eigenvalue weighted by atomic mass is 9.93. The summed E-state index contributed by atoms with van der Waals surface area (Å²) in [6.45, 7) is 0. The second-order valence-electron chi connectivity index (χ2n) is 6.95. The van der Waals surface area contributed by atoms with E-state index in [-0.39, 0.29) is 16.7 Å². The molecule has 0 aliphatic rings. The van der Waals surface area contributed by atoms with Gasteiger partial charge in [-0.15, -0.1) is 0 Å². The first kappa shape index (κ1) is 21.5. The monoisotopic (exact) mass is 454 g/mol. The Kier molecular flexibility index (Phi) is 5.67. The van der Waals surface area contributed by atoms with Gasteiger partial charge < -0.3 is 4.98 Å². The van der Waals surface area contributed by atoms with Crippen molar-refractivity contribution in [3.8, 4) is 11.1 Å². The van der Waals surface area contributed by atoms with Crippen LogP contribution in [0.15, 0.2) is 77.9 Å². The van der Waals surface area contributed by atoms with Gasteiger partial charge in [-0.3, -0.25) is 14.6 Å². The van der Waals surface area contributed by atoms with E-state index in [1.165, 1.54) is 24.3 Å². The van der Waals surface area contributed by atoms with Crippen molar-refractivity contribution in [2.75, 3.05) is 0 Å². The fourth-order valence-corrected chi connectivity index (χ4v) is 3.53. The summed E-state index contributed by atoms with van der Waals surface area (Å²) in [6, 6.07) is 12.4. The van der Waals surface area contributed by atoms with Crippen LogP contribution in [0, 0.1) is 0 Å². The van der Waals surface area contributed by atoms with Crippen LogP contribution in [0.2, 0.25) is 5.02 Å². The number of fused-ring (bicyclic) bond motifs is 1. The predicted molar refractivity (Wildman–Crippen MR) is 118 cm³/mol. The molecule has 0 aliphatic carbocycles. The third-order valence-corrected chi connectivity index (χ3v) is 5.07. The van der Waals surface area contributed by atoms with Crippen LogP contribution in [-0.4, -0.2) is 15.8 Å². The fraction of sp³-hybridized carbons (Fsp3) is 0.0417. The number of nitrogens with zero attached hydrogens (tertiary/aromatic N) is 1. The van der Waals surface area contributed by atoms with E-state index in [9.17, 15) is 22.8 Å². The normalized spacial score (nSPS) is 11.9. The average Bonchev–Trinajstić information content (AvgIpc) is 2.77. The maximum Gasteiger partial charge on any atom is 0.416 e. The zero-order valence-electron chi connectivity index (χ0n) is 16.3. The van der Waals surface area contributed by atoms with Crippen LogP contribution in [0.3, 0.4) is 0 Å². The van der Waals surface area contributed by atoms with E-state index in [0.717, 1.165) is 12.1 Å². The smallest absolute Gasteiger partial charge is 0.321 e. The van der Waals surface area contributed by atoms with Gasteiger partial charge in [0.25, 0.3) is 5.56 Å². The lowest BCUT2D eigenvalue weighted by molar-refractivity contribution is -0.137. The minimum Gasteiger partial charge on any atom is -0.321 e. The Bertz CT molecular complexity index is 1390. The summed E-state index contributed by atoms with van der Waals surface area (Å²) >= 11 is 6.13. The molecule has 2 aromatic heterocycles. The van der Waals surface area contributed by atoms with Gasteiger partial charge in [-0.2, -0.15) is 13.2 Å². The van der Waals surface area contributed by atoms with E-state index in [1.807, 2.05) is 0 Å². The first-order valence-corrected chi connectivity index (χ1v) is 9.77. The minimum absolute atomic E-state index is 0.195. The molecule has 4 rings (SSSR count). The first-order valence-electron chi connectivity index (χ1n) is 9.39. The molecule has 0 radical (unpaired) electrons. The highest BCUT2D eigenvalue weighted by molar-refractivity contribution is 6.31.